The summed E-state index contributed by atoms with van der Waals surface area (Å²) in [5.74, 6) is -0.860. The van der Waals surface area contributed by atoms with E-state index in [2.05, 4.69) is 10.3 Å². The summed E-state index contributed by atoms with van der Waals surface area (Å²) in [6.07, 6.45) is -4.62. The van der Waals surface area contributed by atoms with Gasteiger partial charge in [0.25, 0.3) is 5.91 Å². The van der Waals surface area contributed by atoms with Crippen molar-refractivity contribution in [3.8, 4) is 0 Å². The Balaban J connectivity index is 2.07. The third kappa shape index (κ3) is 3.24. The van der Waals surface area contributed by atoms with E-state index in [0.29, 0.717) is 27.3 Å². The third-order valence-electron chi connectivity index (χ3n) is 4.15. The van der Waals surface area contributed by atoms with E-state index in [1.807, 2.05) is 6.92 Å². The van der Waals surface area contributed by atoms with Crippen LogP contribution in [0.25, 0.3) is 10.9 Å². The summed E-state index contributed by atoms with van der Waals surface area (Å²) < 4.78 is 39.4. The van der Waals surface area contributed by atoms with Gasteiger partial charge in [-0.2, -0.15) is 13.2 Å². The van der Waals surface area contributed by atoms with Gasteiger partial charge < -0.3 is 5.32 Å². The van der Waals surface area contributed by atoms with E-state index in [1.165, 1.54) is 12.1 Å². The largest absolute Gasteiger partial charge is 0.417 e. The molecule has 1 aromatic heterocycles. The van der Waals surface area contributed by atoms with Gasteiger partial charge in [0.05, 0.1) is 27.4 Å². The van der Waals surface area contributed by atoms with Gasteiger partial charge in [-0.15, -0.1) is 0 Å². The predicted octanol–water partition coefficient (Wildman–Crippen LogP) is 5.78. The van der Waals surface area contributed by atoms with Crippen LogP contribution in [0.3, 0.4) is 0 Å². The zero-order chi connectivity index (χ0) is 19.1. The summed E-state index contributed by atoms with van der Waals surface area (Å²) >= 11 is 6.34. The molecule has 1 amide bonds. The molecule has 0 aliphatic carbocycles. The lowest BCUT2D eigenvalue weighted by molar-refractivity contribution is -0.137. The molecule has 1 heterocycles. The van der Waals surface area contributed by atoms with E-state index < -0.39 is 23.2 Å². The van der Waals surface area contributed by atoms with Gasteiger partial charge in [-0.3, -0.25) is 9.78 Å². The quantitative estimate of drug-likeness (QED) is 0.614. The Morgan fingerprint density at radius 2 is 1.77 bits per heavy atom. The van der Waals surface area contributed by atoms with E-state index in [-0.39, 0.29) is 0 Å². The minimum absolute atomic E-state index is 0.300. The monoisotopic (exact) mass is 378 g/mol. The number of benzene rings is 2. The van der Waals surface area contributed by atoms with Crippen LogP contribution in [0, 0.1) is 13.8 Å². The number of alkyl halides is 3. The second kappa shape index (κ2) is 6.61. The first-order valence-electron chi connectivity index (χ1n) is 7.73. The number of fused-ring (bicyclic) bond motifs is 1. The molecule has 0 aliphatic heterocycles. The summed E-state index contributed by atoms with van der Waals surface area (Å²) in [5.41, 5.74) is 0.778. The normalized spacial score (nSPS) is 11.6. The lowest BCUT2D eigenvalue weighted by Gasteiger charge is -2.14. The number of rotatable bonds is 2. The van der Waals surface area contributed by atoms with E-state index in [1.54, 1.807) is 25.1 Å². The van der Waals surface area contributed by atoms with Crippen LogP contribution in [0.5, 0.6) is 0 Å². The highest BCUT2D eigenvalue weighted by Crippen LogP contribution is 2.34. The lowest BCUT2D eigenvalue weighted by atomic mass is 10.1. The molecule has 0 spiro atoms. The second-order valence-corrected chi connectivity index (χ2v) is 6.21. The number of nitrogens with zero attached hydrogens (tertiary/aromatic N) is 1. The fourth-order valence-electron chi connectivity index (χ4n) is 2.67. The Kier molecular flexibility index (Phi) is 4.63. The number of amides is 1. The van der Waals surface area contributed by atoms with Crippen molar-refractivity contribution >= 4 is 34.1 Å². The van der Waals surface area contributed by atoms with Crippen molar-refractivity contribution in [2.45, 2.75) is 20.0 Å². The lowest BCUT2D eigenvalue weighted by Crippen LogP contribution is -2.19. The molecule has 0 fully saturated rings. The molecule has 3 nitrogen and oxygen atoms in total. The van der Waals surface area contributed by atoms with E-state index in [0.717, 1.165) is 17.7 Å². The van der Waals surface area contributed by atoms with Crippen LogP contribution in [-0.4, -0.2) is 10.9 Å². The van der Waals surface area contributed by atoms with E-state index in [4.69, 9.17) is 11.6 Å². The molecule has 7 heteroatoms. The molecule has 134 valence electrons. The Morgan fingerprint density at radius 3 is 2.46 bits per heavy atom. The third-order valence-corrected chi connectivity index (χ3v) is 4.64. The van der Waals surface area contributed by atoms with Crippen LogP contribution in [0.1, 0.15) is 27.2 Å². The fraction of sp³-hybridized carbons (Fsp3) is 0.158. The van der Waals surface area contributed by atoms with E-state index >= 15 is 0 Å². The number of nitrogens with one attached hydrogen (secondary N) is 1. The molecule has 0 atom stereocenters. The molecule has 0 unspecified atom stereocenters. The summed E-state index contributed by atoms with van der Waals surface area (Å²) in [7, 11) is 0. The van der Waals surface area contributed by atoms with Crippen molar-refractivity contribution in [2.75, 3.05) is 5.32 Å². The molecule has 3 aromatic rings. The highest BCUT2D eigenvalue weighted by molar-refractivity contribution is 6.36. The van der Waals surface area contributed by atoms with Gasteiger partial charge in [0.1, 0.15) is 0 Å². The maximum atomic E-state index is 13.1. The number of carbonyl (C=O) groups excluding carboxylic acids is 1. The van der Waals surface area contributed by atoms with Crippen molar-refractivity contribution in [3.63, 3.8) is 0 Å². The number of aryl methyl sites for hydroxylation is 1. The molecule has 0 radical (unpaired) electrons. The summed E-state index contributed by atoms with van der Waals surface area (Å²) in [6.45, 7) is 3.60. The smallest absolute Gasteiger partial charge is 0.320 e. The molecular weight excluding hydrogens is 365 g/mol. The number of hydrogen-bond acceptors (Lipinski definition) is 2. The Morgan fingerprint density at radius 1 is 1.08 bits per heavy atom. The van der Waals surface area contributed by atoms with Gasteiger partial charge in [-0.25, -0.2) is 0 Å². The number of anilines is 1. The first kappa shape index (κ1) is 18.2. The highest BCUT2D eigenvalue weighted by atomic mass is 35.5. The summed E-state index contributed by atoms with van der Waals surface area (Å²) in [5, 5.41) is 3.65. The zero-order valence-electron chi connectivity index (χ0n) is 13.9. The van der Waals surface area contributed by atoms with Crippen molar-refractivity contribution in [2.24, 2.45) is 0 Å². The Hall–Kier alpha value is -2.60. The van der Waals surface area contributed by atoms with Crippen LogP contribution in [0.2, 0.25) is 5.02 Å². The molecule has 2 aromatic carbocycles. The molecular formula is C19H14ClF3N2O. The first-order chi connectivity index (χ1) is 12.2. The number of halogens is 4. The van der Waals surface area contributed by atoms with Gasteiger partial charge in [-0.05, 0) is 37.6 Å². The van der Waals surface area contributed by atoms with Gasteiger partial charge >= 0.3 is 6.18 Å². The predicted molar refractivity (Wildman–Crippen MR) is 95.6 cm³/mol. The van der Waals surface area contributed by atoms with Crippen molar-refractivity contribution in [3.05, 3.63) is 69.9 Å². The molecule has 26 heavy (non-hydrogen) atoms. The van der Waals surface area contributed by atoms with Crippen LogP contribution in [-0.2, 0) is 6.18 Å². The number of para-hydroxylation sites is 1. The zero-order valence-corrected chi connectivity index (χ0v) is 14.7. The number of carbonyl (C=O) groups is 1. The minimum Gasteiger partial charge on any atom is -0.320 e. The Bertz CT molecular complexity index is 1020. The standard InChI is InChI=1S/C19H14ClF3N2O/c1-10-11(2)24-17-13(16(10)20)7-5-9-15(17)25-18(26)12-6-3-4-8-14(12)19(21,22)23/h3-9H,1-2H3,(H,25,26). The van der Waals surface area contributed by atoms with Crippen LogP contribution >= 0.6 is 11.6 Å². The van der Waals surface area contributed by atoms with Crippen molar-refractivity contribution in [1.82, 2.24) is 4.98 Å². The van der Waals surface area contributed by atoms with Gasteiger partial charge in [0.15, 0.2) is 0 Å². The maximum absolute atomic E-state index is 13.1. The minimum atomic E-state index is -4.62. The maximum Gasteiger partial charge on any atom is 0.417 e. The van der Waals surface area contributed by atoms with E-state index in [9.17, 15) is 18.0 Å². The molecule has 1 N–H and O–H groups in total. The average molecular weight is 379 g/mol. The highest BCUT2D eigenvalue weighted by Gasteiger charge is 2.34. The molecule has 0 saturated carbocycles. The topological polar surface area (TPSA) is 42.0 Å². The first-order valence-corrected chi connectivity index (χ1v) is 8.11. The SMILES string of the molecule is Cc1nc2c(NC(=O)c3ccccc3C(F)(F)F)cccc2c(Cl)c1C. The number of hydrogen-bond donors (Lipinski definition) is 1. The van der Waals surface area contributed by atoms with Crippen LogP contribution in [0.15, 0.2) is 42.5 Å². The molecule has 0 aliphatic rings. The molecule has 0 bridgehead atoms. The molecule has 0 saturated heterocycles. The van der Waals surface area contributed by atoms with Crippen molar-refractivity contribution in [1.29, 1.82) is 0 Å². The number of aromatic nitrogens is 1. The average Bonchev–Trinajstić information content (AvgIpc) is 2.60. The van der Waals surface area contributed by atoms with Gasteiger partial charge in [-0.1, -0.05) is 35.9 Å². The van der Waals surface area contributed by atoms with Crippen LogP contribution in [0.4, 0.5) is 18.9 Å². The summed E-state index contributed by atoms with van der Waals surface area (Å²) in [6, 6.07) is 9.63. The fourth-order valence-corrected chi connectivity index (χ4v) is 2.96. The number of pyridine rings is 1. The summed E-state index contributed by atoms with van der Waals surface area (Å²) in [4.78, 5) is 16.9. The van der Waals surface area contributed by atoms with Crippen molar-refractivity contribution < 1.29 is 18.0 Å². The van der Waals surface area contributed by atoms with Gasteiger partial charge in [0, 0.05) is 11.1 Å². The Labute approximate surface area is 152 Å². The van der Waals surface area contributed by atoms with Crippen LogP contribution < -0.4 is 5.32 Å². The molecule has 3 rings (SSSR count). The second-order valence-electron chi connectivity index (χ2n) is 5.84. The van der Waals surface area contributed by atoms with Gasteiger partial charge in [0.2, 0.25) is 0 Å².